The molecule has 1 aromatic rings. The number of carbonyl (C=O) groups excluding carboxylic acids is 1. The van der Waals surface area contributed by atoms with E-state index in [1.54, 1.807) is 26.1 Å². The number of likely N-dealkylation sites (N-methyl/N-ethyl adjacent to an activating group) is 1. The minimum Gasteiger partial charge on any atom is -0.350 e. The molecule has 0 saturated carbocycles. The SMILES string of the molecule is CCNS(=O)(=O)c1cccc(C(=O)NCC(C)NC)c1. The van der Waals surface area contributed by atoms with Gasteiger partial charge in [-0.25, -0.2) is 13.1 Å². The van der Waals surface area contributed by atoms with Gasteiger partial charge in [-0.05, 0) is 32.2 Å². The summed E-state index contributed by atoms with van der Waals surface area (Å²) in [6.45, 7) is 4.41. The monoisotopic (exact) mass is 299 g/mol. The lowest BCUT2D eigenvalue weighted by Gasteiger charge is -2.12. The highest BCUT2D eigenvalue weighted by Crippen LogP contribution is 2.11. The third kappa shape index (κ3) is 4.59. The van der Waals surface area contributed by atoms with Crippen LogP contribution >= 0.6 is 0 Å². The van der Waals surface area contributed by atoms with Gasteiger partial charge in [0.2, 0.25) is 10.0 Å². The predicted octanol–water partition coefficient (Wildman–Crippen LogP) is 0.323. The molecular formula is C13H21N3O3S. The maximum atomic E-state index is 11.9. The average Bonchev–Trinajstić information content (AvgIpc) is 2.44. The van der Waals surface area contributed by atoms with Gasteiger partial charge in [0.15, 0.2) is 0 Å². The summed E-state index contributed by atoms with van der Waals surface area (Å²) in [5.41, 5.74) is 0.326. The summed E-state index contributed by atoms with van der Waals surface area (Å²) < 4.78 is 26.1. The Kier molecular flexibility index (Phi) is 6.12. The van der Waals surface area contributed by atoms with Crippen LogP contribution in [-0.2, 0) is 10.0 Å². The topological polar surface area (TPSA) is 87.3 Å². The zero-order chi connectivity index (χ0) is 15.2. The van der Waals surface area contributed by atoms with Crippen molar-refractivity contribution < 1.29 is 13.2 Å². The molecule has 3 N–H and O–H groups in total. The van der Waals surface area contributed by atoms with Crippen molar-refractivity contribution in [2.45, 2.75) is 24.8 Å². The number of nitrogens with one attached hydrogen (secondary N) is 3. The molecule has 0 aliphatic carbocycles. The van der Waals surface area contributed by atoms with E-state index in [9.17, 15) is 13.2 Å². The van der Waals surface area contributed by atoms with Crippen molar-refractivity contribution in [2.75, 3.05) is 20.1 Å². The van der Waals surface area contributed by atoms with Crippen molar-refractivity contribution in [3.63, 3.8) is 0 Å². The highest BCUT2D eigenvalue weighted by molar-refractivity contribution is 7.89. The Morgan fingerprint density at radius 3 is 2.65 bits per heavy atom. The molecule has 0 heterocycles. The summed E-state index contributed by atoms with van der Waals surface area (Å²) in [5, 5.41) is 5.75. The second-order valence-corrected chi connectivity index (χ2v) is 6.20. The smallest absolute Gasteiger partial charge is 0.251 e. The van der Waals surface area contributed by atoms with E-state index in [2.05, 4.69) is 15.4 Å². The van der Waals surface area contributed by atoms with E-state index in [-0.39, 0.29) is 16.8 Å². The summed E-state index contributed by atoms with van der Waals surface area (Å²) >= 11 is 0. The zero-order valence-corrected chi connectivity index (χ0v) is 12.8. The third-order valence-electron chi connectivity index (χ3n) is 2.80. The number of carbonyl (C=O) groups is 1. The Bertz CT molecular complexity index is 558. The molecule has 7 heteroatoms. The van der Waals surface area contributed by atoms with Crippen molar-refractivity contribution in [2.24, 2.45) is 0 Å². The Morgan fingerprint density at radius 1 is 1.35 bits per heavy atom. The molecule has 0 radical (unpaired) electrons. The highest BCUT2D eigenvalue weighted by atomic mass is 32.2. The fourth-order valence-electron chi connectivity index (χ4n) is 1.53. The van der Waals surface area contributed by atoms with Gasteiger partial charge >= 0.3 is 0 Å². The molecule has 1 atom stereocenters. The quantitative estimate of drug-likeness (QED) is 0.677. The Balaban J connectivity index is 2.85. The summed E-state index contributed by atoms with van der Waals surface area (Å²) in [6.07, 6.45) is 0. The normalized spacial score (nSPS) is 12.9. The van der Waals surface area contributed by atoms with E-state index in [4.69, 9.17) is 0 Å². The molecule has 1 rings (SSSR count). The first-order chi connectivity index (χ1) is 9.40. The minimum absolute atomic E-state index is 0.0914. The van der Waals surface area contributed by atoms with Crippen LogP contribution in [0.3, 0.4) is 0 Å². The van der Waals surface area contributed by atoms with Crippen LogP contribution in [-0.4, -0.2) is 40.5 Å². The van der Waals surface area contributed by atoms with Gasteiger partial charge < -0.3 is 10.6 Å². The molecule has 0 aliphatic rings. The molecule has 0 saturated heterocycles. The molecule has 0 bridgehead atoms. The van der Waals surface area contributed by atoms with Gasteiger partial charge in [-0.1, -0.05) is 13.0 Å². The second kappa shape index (κ2) is 7.37. The Labute approximate surface area is 120 Å². The summed E-state index contributed by atoms with van der Waals surface area (Å²) in [4.78, 5) is 12.0. The molecule has 1 aromatic carbocycles. The lowest BCUT2D eigenvalue weighted by Crippen LogP contribution is -2.37. The Morgan fingerprint density at radius 2 is 2.05 bits per heavy atom. The van der Waals surface area contributed by atoms with E-state index in [1.807, 2.05) is 6.92 Å². The van der Waals surface area contributed by atoms with Crippen molar-refractivity contribution in [3.05, 3.63) is 29.8 Å². The van der Waals surface area contributed by atoms with Gasteiger partial charge in [0.05, 0.1) is 4.90 Å². The summed E-state index contributed by atoms with van der Waals surface area (Å²) in [7, 11) is -1.74. The summed E-state index contributed by atoms with van der Waals surface area (Å²) in [6, 6.07) is 6.13. The molecule has 20 heavy (non-hydrogen) atoms. The van der Waals surface area contributed by atoms with Gasteiger partial charge in [-0.3, -0.25) is 4.79 Å². The van der Waals surface area contributed by atoms with Crippen molar-refractivity contribution >= 4 is 15.9 Å². The maximum absolute atomic E-state index is 11.9. The van der Waals surface area contributed by atoms with Crippen LogP contribution in [0.2, 0.25) is 0 Å². The molecule has 0 aliphatic heterocycles. The molecule has 0 fully saturated rings. The average molecular weight is 299 g/mol. The number of rotatable bonds is 7. The van der Waals surface area contributed by atoms with E-state index in [0.29, 0.717) is 18.7 Å². The molecule has 1 unspecified atom stereocenters. The number of sulfonamides is 1. The van der Waals surface area contributed by atoms with Crippen molar-refractivity contribution in [1.82, 2.24) is 15.4 Å². The second-order valence-electron chi connectivity index (χ2n) is 4.43. The largest absolute Gasteiger partial charge is 0.350 e. The van der Waals surface area contributed by atoms with Crippen LogP contribution in [0, 0.1) is 0 Å². The molecular weight excluding hydrogens is 278 g/mol. The molecule has 1 amide bonds. The minimum atomic E-state index is -3.54. The Hall–Kier alpha value is -1.44. The van der Waals surface area contributed by atoms with Crippen molar-refractivity contribution in [1.29, 1.82) is 0 Å². The summed E-state index contributed by atoms with van der Waals surface area (Å²) in [5.74, 6) is -0.291. The number of hydrogen-bond donors (Lipinski definition) is 3. The van der Waals surface area contributed by atoms with Crippen LogP contribution in [0.15, 0.2) is 29.2 Å². The number of benzene rings is 1. The molecule has 0 aromatic heterocycles. The third-order valence-corrected chi connectivity index (χ3v) is 4.35. The van der Waals surface area contributed by atoms with E-state index in [1.165, 1.54) is 12.1 Å². The fraction of sp³-hybridized carbons (Fsp3) is 0.462. The number of hydrogen-bond acceptors (Lipinski definition) is 4. The number of amides is 1. The first kappa shape index (κ1) is 16.6. The van der Waals surface area contributed by atoms with E-state index in [0.717, 1.165) is 0 Å². The lowest BCUT2D eigenvalue weighted by atomic mass is 10.2. The van der Waals surface area contributed by atoms with Crippen LogP contribution in [0.4, 0.5) is 0 Å². The van der Waals surface area contributed by atoms with Gasteiger partial charge in [0, 0.05) is 24.7 Å². The highest BCUT2D eigenvalue weighted by Gasteiger charge is 2.15. The van der Waals surface area contributed by atoms with Crippen LogP contribution < -0.4 is 15.4 Å². The molecule has 0 spiro atoms. The fourth-order valence-corrected chi connectivity index (χ4v) is 2.61. The van der Waals surface area contributed by atoms with Gasteiger partial charge in [-0.15, -0.1) is 0 Å². The van der Waals surface area contributed by atoms with Gasteiger partial charge in [-0.2, -0.15) is 0 Å². The van der Waals surface area contributed by atoms with E-state index >= 15 is 0 Å². The first-order valence-electron chi connectivity index (χ1n) is 6.46. The van der Waals surface area contributed by atoms with Gasteiger partial charge in [0.25, 0.3) is 5.91 Å². The zero-order valence-electron chi connectivity index (χ0n) is 11.9. The van der Waals surface area contributed by atoms with Crippen LogP contribution in [0.25, 0.3) is 0 Å². The maximum Gasteiger partial charge on any atom is 0.251 e. The van der Waals surface area contributed by atoms with Gasteiger partial charge in [0.1, 0.15) is 0 Å². The lowest BCUT2D eigenvalue weighted by molar-refractivity contribution is 0.0950. The first-order valence-corrected chi connectivity index (χ1v) is 7.94. The van der Waals surface area contributed by atoms with E-state index < -0.39 is 10.0 Å². The molecule has 112 valence electrons. The molecule has 6 nitrogen and oxygen atoms in total. The van der Waals surface area contributed by atoms with Crippen LogP contribution in [0.1, 0.15) is 24.2 Å². The van der Waals surface area contributed by atoms with Crippen molar-refractivity contribution in [3.8, 4) is 0 Å². The standard InChI is InChI=1S/C13H21N3O3S/c1-4-16-20(18,19)12-7-5-6-11(8-12)13(17)15-9-10(2)14-3/h5-8,10,14,16H,4,9H2,1-3H3,(H,15,17). The van der Waals surface area contributed by atoms with Crippen LogP contribution in [0.5, 0.6) is 0 Å². The predicted molar refractivity (Wildman–Crippen MR) is 78.2 cm³/mol.